The molecule has 1 aliphatic carbocycles. The Labute approximate surface area is 140 Å². The van der Waals surface area contributed by atoms with Gasteiger partial charge in [-0.2, -0.15) is 4.31 Å². The number of halogens is 2. The Morgan fingerprint density at radius 2 is 2.05 bits per heavy atom. The van der Waals surface area contributed by atoms with Crippen molar-refractivity contribution >= 4 is 37.6 Å². The highest BCUT2D eigenvalue weighted by Crippen LogP contribution is 2.34. The summed E-state index contributed by atoms with van der Waals surface area (Å²) < 4.78 is 33.2. The summed E-state index contributed by atoms with van der Waals surface area (Å²) in [7, 11) is -3.57. The van der Waals surface area contributed by atoms with Crippen molar-refractivity contribution < 1.29 is 12.8 Å². The van der Waals surface area contributed by atoms with E-state index in [1.807, 2.05) is 13.8 Å². The van der Waals surface area contributed by atoms with Gasteiger partial charge in [0.25, 0.3) is 0 Å². The van der Waals surface area contributed by atoms with Gasteiger partial charge in [0.1, 0.15) is 10.7 Å². The Balaban J connectivity index is 2.38. The second-order valence-electron chi connectivity index (χ2n) is 5.89. The quantitative estimate of drug-likeness (QED) is 0.669. The molecule has 1 saturated carbocycles. The molecule has 1 aliphatic rings. The highest BCUT2D eigenvalue weighted by atomic mass is 79.9. The van der Waals surface area contributed by atoms with E-state index in [2.05, 4.69) is 15.9 Å². The summed E-state index contributed by atoms with van der Waals surface area (Å²) in [6.07, 6.45) is 4.05. The Morgan fingerprint density at radius 1 is 1.43 bits per heavy atom. The van der Waals surface area contributed by atoms with Crippen LogP contribution in [0.25, 0.3) is 0 Å². The summed E-state index contributed by atoms with van der Waals surface area (Å²) in [5.41, 5.74) is 0. The first-order chi connectivity index (χ1) is 9.86. The van der Waals surface area contributed by atoms with Crippen LogP contribution in [0, 0.1) is 5.92 Å². The molecule has 1 aromatic rings. The van der Waals surface area contributed by atoms with Crippen LogP contribution < -0.4 is 0 Å². The molecule has 7 heteroatoms. The van der Waals surface area contributed by atoms with Crippen LogP contribution in [0.15, 0.2) is 20.0 Å². The Kier molecular flexibility index (Phi) is 5.79. The molecule has 120 valence electrons. The van der Waals surface area contributed by atoms with E-state index in [1.165, 1.54) is 6.07 Å². The van der Waals surface area contributed by atoms with Crippen molar-refractivity contribution in [2.75, 3.05) is 6.54 Å². The summed E-state index contributed by atoms with van der Waals surface area (Å²) >= 11 is 8.94. The van der Waals surface area contributed by atoms with Gasteiger partial charge >= 0.3 is 0 Å². The van der Waals surface area contributed by atoms with Gasteiger partial charge in [0.05, 0.1) is 5.88 Å². The first kappa shape index (κ1) is 17.3. The van der Waals surface area contributed by atoms with E-state index >= 15 is 0 Å². The third-order valence-electron chi connectivity index (χ3n) is 3.70. The molecule has 1 fully saturated rings. The number of alkyl halides is 1. The van der Waals surface area contributed by atoms with E-state index in [0.29, 0.717) is 12.3 Å². The molecule has 1 heterocycles. The molecule has 1 aromatic heterocycles. The van der Waals surface area contributed by atoms with Crippen LogP contribution in [0.3, 0.4) is 0 Å². The lowest BCUT2D eigenvalue weighted by molar-refractivity contribution is 0.292. The molecular formula is C14H21BrClNO3S. The van der Waals surface area contributed by atoms with Gasteiger partial charge in [-0.05, 0) is 34.7 Å². The van der Waals surface area contributed by atoms with Crippen molar-refractivity contribution in [3.63, 3.8) is 0 Å². The van der Waals surface area contributed by atoms with Crippen LogP contribution in [-0.4, -0.2) is 25.3 Å². The summed E-state index contributed by atoms with van der Waals surface area (Å²) in [5.74, 6) is 0.887. The minimum absolute atomic E-state index is 0.0960. The van der Waals surface area contributed by atoms with Gasteiger partial charge < -0.3 is 4.42 Å². The van der Waals surface area contributed by atoms with Gasteiger partial charge in [-0.25, -0.2) is 8.42 Å². The van der Waals surface area contributed by atoms with Crippen molar-refractivity contribution in [3.05, 3.63) is 16.5 Å². The third kappa shape index (κ3) is 3.84. The molecule has 0 unspecified atom stereocenters. The molecule has 0 aromatic carbocycles. The zero-order valence-electron chi connectivity index (χ0n) is 12.3. The average Bonchev–Trinajstić information content (AvgIpc) is 3.04. The molecule has 21 heavy (non-hydrogen) atoms. The zero-order valence-corrected chi connectivity index (χ0v) is 15.5. The van der Waals surface area contributed by atoms with Crippen LogP contribution >= 0.6 is 27.5 Å². The standard InChI is InChI=1S/C14H21BrClNO3S/c1-10(2)9-17(11-5-3-4-6-11)21(18,19)13-7-12(8-16)20-14(13)15/h7,10-11H,3-6,8-9H2,1-2H3. The lowest BCUT2D eigenvalue weighted by Gasteiger charge is -2.29. The molecule has 0 amide bonds. The van der Waals surface area contributed by atoms with Crippen LogP contribution in [0.1, 0.15) is 45.3 Å². The topological polar surface area (TPSA) is 50.5 Å². The van der Waals surface area contributed by atoms with Gasteiger partial charge in [-0.15, -0.1) is 11.6 Å². The normalized spacial score (nSPS) is 17.2. The largest absolute Gasteiger partial charge is 0.452 e. The number of furan rings is 1. The van der Waals surface area contributed by atoms with Crippen LogP contribution in [0.2, 0.25) is 0 Å². The average molecular weight is 399 g/mol. The van der Waals surface area contributed by atoms with E-state index in [4.69, 9.17) is 16.0 Å². The smallest absolute Gasteiger partial charge is 0.247 e. The molecule has 0 bridgehead atoms. The first-order valence-electron chi connectivity index (χ1n) is 7.22. The fraction of sp³-hybridized carbons (Fsp3) is 0.714. The lowest BCUT2D eigenvalue weighted by atomic mass is 10.2. The molecule has 2 rings (SSSR count). The predicted octanol–water partition coefficient (Wildman–Crippen LogP) is 4.37. The van der Waals surface area contributed by atoms with E-state index in [1.54, 1.807) is 4.31 Å². The van der Waals surface area contributed by atoms with Crippen LogP contribution in [-0.2, 0) is 15.9 Å². The fourth-order valence-corrected chi connectivity index (χ4v) is 5.70. The molecular weight excluding hydrogens is 378 g/mol. The summed E-state index contributed by atoms with van der Waals surface area (Å²) in [6, 6.07) is 1.62. The number of sulfonamides is 1. The van der Waals surface area contributed by atoms with Crippen LogP contribution in [0.4, 0.5) is 0 Å². The Bertz CT molecular complexity index is 579. The number of rotatable bonds is 6. The predicted molar refractivity (Wildman–Crippen MR) is 87.0 cm³/mol. The van der Waals surface area contributed by atoms with E-state index < -0.39 is 10.0 Å². The molecule has 4 nitrogen and oxygen atoms in total. The van der Waals surface area contributed by atoms with Gasteiger partial charge in [-0.1, -0.05) is 26.7 Å². The Morgan fingerprint density at radius 3 is 2.52 bits per heavy atom. The van der Waals surface area contributed by atoms with Gasteiger partial charge in [-0.3, -0.25) is 0 Å². The number of hydrogen-bond donors (Lipinski definition) is 0. The lowest BCUT2D eigenvalue weighted by Crippen LogP contribution is -2.41. The van der Waals surface area contributed by atoms with Crippen molar-refractivity contribution in [2.45, 2.75) is 56.3 Å². The molecule has 0 atom stereocenters. The second kappa shape index (κ2) is 7.02. The zero-order chi connectivity index (χ0) is 15.6. The maximum absolute atomic E-state index is 13.0. The van der Waals surface area contributed by atoms with Crippen LogP contribution in [0.5, 0.6) is 0 Å². The fourth-order valence-electron chi connectivity index (χ4n) is 2.76. The highest BCUT2D eigenvalue weighted by Gasteiger charge is 2.36. The van der Waals surface area contributed by atoms with Gasteiger partial charge in [0, 0.05) is 18.7 Å². The molecule has 0 saturated heterocycles. The Hall–Kier alpha value is -0.0400. The maximum Gasteiger partial charge on any atom is 0.247 e. The van der Waals surface area contributed by atoms with E-state index in [0.717, 1.165) is 25.7 Å². The first-order valence-corrected chi connectivity index (χ1v) is 9.99. The van der Waals surface area contributed by atoms with Crippen molar-refractivity contribution in [1.82, 2.24) is 4.31 Å². The molecule has 0 aliphatic heterocycles. The summed E-state index contributed by atoms with van der Waals surface area (Å²) in [6.45, 7) is 4.60. The number of nitrogens with zero attached hydrogens (tertiary/aromatic N) is 1. The van der Waals surface area contributed by atoms with Crippen molar-refractivity contribution in [3.8, 4) is 0 Å². The van der Waals surface area contributed by atoms with Gasteiger partial charge in [0.15, 0.2) is 4.67 Å². The minimum Gasteiger partial charge on any atom is -0.452 e. The van der Waals surface area contributed by atoms with Crippen molar-refractivity contribution in [1.29, 1.82) is 0 Å². The molecule has 0 N–H and O–H groups in total. The third-order valence-corrected chi connectivity index (χ3v) is 6.74. The molecule has 0 radical (unpaired) electrons. The summed E-state index contributed by atoms with van der Waals surface area (Å²) in [4.78, 5) is 0.186. The van der Waals surface area contributed by atoms with Gasteiger partial charge in [0.2, 0.25) is 10.0 Å². The van der Waals surface area contributed by atoms with E-state index in [-0.39, 0.29) is 27.4 Å². The summed E-state index contributed by atoms with van der Waals surface area (Å²) in [5, 5.41) is 0. The maximum atomic E-state index is 13.0. The van der Waals surface area contributed by atoms with E-state index in [9.17, 15) is 8.42 Å². The van der Waals surface area contributed by atoms with Crippen molar-refractivity contribution in [2.24, 2.45) is 5.92 Å². The SMILES string of the molecule is CC(C)CN(C1CCCC1)S(=O)(=O)c1cc(CCl)oc1Br. The monoisotopic (exact) mass is 397 g/mol. The highest BCUT2D eigenvalue weighted by molar-refractivity contribution is 9.10. The number of hydrogen-bond acceptors (Lipinski definition) is 3. The molecule has 0 spiro atoms. The minimum atomic E-state index is -3.57. The second-order valence-corrected chi connectivity index (χ2v) is 8.74.